The summed E-state index contributed by atoms with van der Waals surface area (Å²) in [6, 6.07) is 0. The maximum atomic E-state index is 5.62. The van der Waals surface area contributed by atoms with E-state index in [9.17, 15) is 0 Å². The van der Waals surface area contributed by atoms with E-state index in [1.807, 2.05) is 11.4 Å². The summed E-state index contributed by atoms with van der Waals surface area (Å²) in [5.74, 6) is 2.77. The number of aryl methyl sites for hydroxylation is 2. The van der Waals surface area contributed by atoms with Gasteiger partial charge in [0.25, 0.3) is 0 Å². The lowest BCUT2D eigenvalue weighted by molar-refractivity contribution is 0.778. The molecule has 0 spiro atoms. The summed E-state index contributed by atoms with van der Waals surface area (Å²) in [5, 5.41) is 4.68. The van der Waals surface area contributed by atoms with Crippen LogP contribution in [0.1, 0.15) is 36.0 Å². The average Bonchev–Trinajstić information content (AvgIpc) is 2.99. The van der Waals surface area contributed by atoms with Gasteiger partial charge < -0.3 is 5.73 Å². The van der Waals surface area contributed by atoms with E-state index in [0.29, 0.717) is 12.5 Å². The highest BCUT2D eigenvalue weighted by atomic mass is 15.4. The lowest BCUT2D eigenvalue weighted by atomic mass is 10.3. The average molecular weight is 219 g/mol. The van der Waals surface area contributed by atoms with Crippen molar-refractivity contribution in [2.24, 2.45) is 12.8 Å². The van der Waals surface area contributed by atoms with E-state index in [1.54, 1.807) is 0 Å². The fraction of sp³-hybridized carbons (Fsp3) is 0.636. The molecule has 0 aromatic carbocycles. The molecular formula is C11H17N5. The number of hydrogen-bond donors (Lipinski definition) is 1. The zero-order valence-corrected chi connectivity index (χ0v) is 9.77. The molecule has 2 aromatic rings. The third-order valence-corrected chi connectivity index (χ3v) is 3.30. The fourth-order valence-electron chi connectivity index (χ4n) is 2.25. The van der Waals surface area contributed by atoms with Crippen LogP contribution in [0.25, 0.3) is 5.78 Å². The monoisotopic (exact) mass is 219 g/mol. The van der Waals surface area contributed by atoms with Crippen LogP contribution in [0.5, 0.6) is 0 Å². The van der Waals surface area contributed by atoms with E-state index < -0.39 is 0 Å². The highest BCUT2D eigenvalue weighted by molar-refractivity contribution is 5.37. The summed E-state index contributed by atoms with van der Waals surface area (Å²) < 4.78 is 4.08. The number of hydrogen-bond acceptors (Lipinski definition) is 3. The van der Waals surface area contributed by atoms with E-state index in [0.717, 1.165) is 23.6 Å². The Morgan fingerprint density at radius 3 is 2.81 bits per heavy atom. The highest BCUT2D eigenvalue weighted by Gasteiger charge is 2.30. The topological polar surface area (TPSA) is 61.1 Å². The Morgan fingerprint density at radius 1 is 1.44 bits per heavy atom. The van der Waals surface area contributed by atoms with E-state index in [4.69, 9.17) is 5.73 Å². The molecule has 0 atom stereocenters. The van der Waals surface area contributed by atoms with Crippen molar-refractivity contribution < 1.29 is 0 Å². The molecule has 0 unspecified atom stereocenters. The van der Waals surface area contributed by atoms with Crippen molar-refractivity contribution >= 4 is 5.78 Å². The third-order valence-electron chi connectivity index (χ3n) is 3.30. The standard InChI is InChI=1S/C11H17N5/c1-7-9(5-6-12)16-11(13-7)15(2)10(14-16)8-3-4-8/h8H,3-6,12H2,1-2H3. The van der Waals surface area contributed by atoms with E-state index in [1.165, 1.54) is 18.7 Å². The molecule has 0 radical (unpaired) electrons. The van der Waals surface area contributed by atoms with Gasteiger partial charge in [-0.25, -0.2) is 9.50 Å². The minimum Gasteiger partial charge on any atom is -0.330 e. The molecule has 5 heteroatoms. The Labute approximate surface area is 94.3 Å². The highest BCUT2D eigenvalue weighted by Crippen LogP contribution is 2.39. The van der Waals surface area contributed by atoms with Gasteiger partial charge in [-0.05, 0) is 26.3 Å². The van der Waals surface area contributed by atoms with Crippen LogP contribution in [0.3, 0.4) is 0 Å². The van der Waals surface area contributed by atoms with Crippen LogP contribution in [0, 0.1) is 6.92 Å². The number of fused-ring (bicyclic) bond motifs is 1. The third kappa shape index (κ3) is 1.28. The Balaban J connectivity index is 2.18. The second-order valence-electron chi connectivity index (χ2n) is 4.59. The molecule has 2 heterocycles. The molecule has 3 rings (SSSR count). The minimum atomic E-state index is 0.643. The Kier molecular flexibility index (Phi) is 2.04. The zero-order chi connectivity index (χ0) is 11.3. The van der Waals surface area contributed by atoms with Crippen LogP contribution in [-0.2, 0) is 13.5 Å². The molecule has 2 N–H and O–H groups in total. The molecule has 0 bridgehead atoms. The van der Waals surface area contributed by atoms with Gasteiger partial charge in [-0.1, -0.05) is 0 Å². The summed E-state index contributed by atoms with van der Waals surface area (Å²) in [6.07, 6.45) is 3.37. The molecule has 0 aliphatic heterocycles. The molecule has 0 amide bonds. The molecule has 1 aliphatic rings. The lowest BCUT2D eigenvalue weighted by Gasteiger charge is -1.97. The van der Waals surface area contributed by atoms with Crippen molar-refractivity contribution in [2.75, 3.05) is 6.54 Å². The van der Waals surface area contributed by atoms with Crippen LogP contribution in [0.15, 0.2) is 0 Å². The molecule has 1 aliphatic carbocycles. The first-order valence-corrected chi connectivity index (χ1v) is 5.83. The van der Waals surface area contributed by atoms with Crippen molar-refractivity contribution in [1.29, 1.82) is 0 Å². The Morgan fingerprint density at radius 2 is 2.19 bits per heavy atom. The van der Waals surface area contributed by atoms with E-state index in [2.05, 4.69) is 21.7 Å². The lowest BCUT2D eigenvalue weighted by Crippen LogP contribution is -2.07. The van der Waals surface area contributed by atoms with Gasteiger partial charge in [0, 0.05) is 19.4 Å². The zero-order valence-electron chi connectivity index (χ0n) is 9.77. The molecule has 16 heavy (non-hydrogen) atoms. The van der Waals surface area contributed by atoms with Crippen LogP contribution in [-0.4, -0.2) is 25.7 Å². The molecule has 5 nitrogen and oxygen atoms in total. The van der Waals surface area contributed by atoms with Gasteiger partial charge >= 0.3 is 0 Å². The van der Waals surface area contributed by atoms with Gasteiger partial charge in [-0.2, -0.15) is 5.10 Å². The van der Waals surface area contributed by atoms with Gasteiger partial charge in [0.1, 0.15) is 5.82 Å². The van der Waals surface area contributed by atoms with Crippen molar-refractivity contribution in [3.63, 3.8) is 0 Å². The smallest absolute Gasteiger partial charge is 0.232 e. The van der Waals surface area contributed by atoms with Crippen LogP contribution < -0.4 is 5.73 Å². The molecule has 1 saturated carbocycles. The van der Waals surface area contributed by atoms with Crippen LogP contribution >= 0.6 is 0 Å². The first-order valence-electron chi connectivity index (χ1n) is 5.83. The van der Waals surface area contributed by atoms with Crippen molar-refractivity contribution in [1.82, 2.24) is 19.2 Å². The normalized spacial score (nSPS) is 16.2. The van der Waals surface area contributed by atoms with Gasteiger partial charge in [0.15, 0.2) is 0 Å². The van der Waals surface area contributed by atoms with E-state index >= 15 is 0 Å². The number of aromatic nitrogens is 4. The van der Waals surface area contributed by atoms with Crippen molar-refractivity contribution in [3.05, 3.63) is 17.2 Å². The van der Waals surface area contributed by atoms with Gasteiger partial charge in [-0.3, -0.25) is 4.57 Å². The quantitative estimate of drug-likeness (QED) is 0.828. The summed E-state index contributed by atoms with van der Waals surface area (Å²) in [7, 11) is 2.05. The predicted molar refractivity (Wildman–Crippen MR) is 61.4 cm³/mol. The van der Waals surface area contributed by atoms with Crippen LogP contribution in [0.2, 0.25) is 0 Å². The van der Waals surface area contributed by atoms with Crippen molar-refractivity contribution in [2.45, 2.75) is 32.1 Å². The van der Waals surface area contributed by atoms with Crippen molar-refractivity contribution in [3.8, 4) is 0 Å². The SMILES string of the molecule is Cc1nc2n(C)c(C3CC3)nn2c1CCN. The summed E-state index contributed by atoms with van der Waals surface area (Å²) in [6.45, 7) is 2.67. The Bertz CT molecular complexity index is 532. The first-order chi connectivity index (χ1) is 7.72. The number of nitrogens with two attached hydrogens (primary N) is 1. The maximum Gasteiger partial charge on any atom is 0.232 e. The van der Waals surface area contributed by atoms with E-state index in [-0.39, 0.29) is 0 Å². The summed E-state index contributed by atoms with van der Waals surface area (Å²) in [5.41, 5.74) is 7.82. The summed E-state index contributed by atoms with van der Waals surface area (Å²) in [4.78, 5) is 4.57. The van der Waals surface area contributed by atoms with Gasteiger partial charge in [0.05, 0.1) is 11.4 Å². The number of imidazole rings is 1. The fourth-order valence-corrected chi connectivity index (χ4v) is 2.25. The second kappa shape index (κ2) is 3.31. The Hall–Kier alpha value is -1.36. The van der Waals surface area contributed by atoms with Gasteiger partial charge in [-0.15, -0.1) is 0 Å². The van der Waals surface area contributed by atoms with Crippen LogP contribution in [0.4, 0.5) is 0 Å². The second-order valence-corrected chi connectivity index (χ2v) is 4.59. The van der Waals surface area contributed by atoms with Gasteiger partial charge in [0.2, 0.25) is 5.78 Å². The summed E-state index contributed by atoms with van der Waals surface area (Å²) >= 11 is 0. The molecular weight excluding hydrogens is 202 g/mol. The number of nitrogens with zero attached hydrogens (tertiary/aromatic N) is 4. The molecule has 0 saturated heterocycles. The maximum absolute atomic E-state index is 5.62. The predicted octanol–water partition coefficient (Wildman–Crippen LogP) is 0.755. The number of rotatable bonds is 3. The minimum absolute atomic E-state index is 0.643. The molecule has 2 aromatic heterocycles. The molecule has 1 fully saturated rings. The molecule has 86 valence electrons. The largest absolute Gasteiger partial charge is 0.330 e. The first kappa shape index (κ1) is 9.84.